The van der Waals surface area contributed by atoms with Crippen molar-refractivity contribution in [1.82, 2.24) is 5.32 Å². The van der Waals surface area contributed by atoms with Crippen LogP contribution in [0.3, 0.4) is 0 Å². The fourth-order valence-electron chi connectivity index (χ4n) is 3.82. The molecule has 0 amide bonds. The molecule has 0 atom stereocenters. The normalized spacial score (nSPS) is 10.9. The van der Waals surface area contributed by atoms with Gasteiger partial charge >= 0.3 is 11.9 Å². The van der Waals surface area contributed by atoms with Gasteiger partial charge in [0.1, 0.15) is 0 Å². The second kappa shape index (κ2) is 15.9. The van der Waals surface area contributed by atoms with Crippen LogP contribution in [0.2, 0.25) is 10.0 Å². The van der Waals surface area contributed by atoms with E-state index in [1.165, 1.54) is 0 Å². The molecule has 214 valence electrons. The van der Waals surface area contributed by atoms with Gasteiger partial charge in [-0.15, -0.1) is 0 Å². The average molecular weight is 651 g/mol. The van der Waals surface area contributed by atoms with Crippen LogP contribution in [-0.2, 0) is 27.2 Å². The molecule has 4 N–H and O–H groups in total. The van der Waals surface area contributed by atoms with E-state index >= 15 is 0 Å². The number of carbonyl (C=O) groups excluding carboxylic acids is 2. The summed E-state index contributed by atoms with van der Waals surface area (Å²) in [4.78, 5) is 25.0. The Balaban J connectivity index is 1.39. The topological polar surface area (TPSA) is 103 Å². The SMILES string of the molecule is CC(C)NCc1cc(C(=O)OCCCCCOC(=O)Cc2ccccc2Nc2c(Cl)cccc2Cl)cc(Br)c1N. The lowest BCUT2D eigenvalue weighted by molar-refractivity contribution is -0.142. The highest BCUT2D eigenvalue weighted by Gasteiger charge is 2.14. The van der Waals surface area contributed by atoms with Crippen LogP contribution >= 0.6 is 39.1 Å². The second-order valence-electron chi connectivity index (χ2n) is 9.54. The average Bonchev–Trinajstić information content (AvgIpc) is 2.91. The van der Waals surface area contributed by atoms with E-state index in [2.05, 4.69) is 26.6 Å². The molecule has 40 heavy (non-hydrogen) atoms. The number of anilines is 3. The lowest BCUT2D eigenvalue weighted by atomic mass is 10.1. The first-order valence-electron chi connectivity index (χ1n) is 13.1. The molecule has 0 aliphatic carbocycles. The Bertz CT molecular complexity index is 1300. The van der Waals surface area contributed by atoms with Crippen LogP contribution in [0.25, 0.3) is 0 Å². The molecule has 3 rings (SSSR count). The summed E-state index contributed by atoms with van der Waals surface area (Å²) in [5.74, 6) is -0.731. The summed E-state index contributed by atoms with van der Waals surface area (Å²) in [6, 6.07) is 16.4. The molecule has 10 heteroatoms. The standard InChI is InChI=1S/C30H34BrCl2N3O4/c1-19(2)35-18-22-15-21(16-23(31)28(22)34)30(38)40-14-7-3-6-13-39-27(37)17-20-9-4-5-12-26(20)36-29-24(32)10-8-11-25(29)33/h4-5,8-12,15-16,19,35-36H,3,6-7,13-14,17-18,34H2,1-2H3. The van der Waals surface area contributed by atoms with E-state index in [0.717, 1.165) is 23.2 Å². The number of hydrogen-bond acceptors (Lipinski definition) is 7. The first kappa shape index (κ1) is 31.7. The summed E-state index contributed by atoms with van der Waals surface area (Å²) in [7, 11) is 0. The monoisotopic (exact) mass is 649 g/mol. The summed E-state index contributed by atoms with van der Waals surface area (Å²) in [6.07, 6.45) is 2.18. The van der Waals surface area contributed by atoms with E-state index in [-0.39, 0.29) is 25.6 Å². The minimum Gasteiger partial charge on any atom is -0.465 e. The van der Waals surface area contributed by atoms with Gasteiger partial charge in [0.2, 0.25) is 0 Å². The molecule has 0 radical (unpaired) electrons. The molecule has 0 heterocycles. The fourth-order valence-corrected chi connectivity index (χ4v) is 4.82. The smallest absolute Gasteiger partial charge is 0.338 e. The van der Waals surface area contributed by atoms with Crippen LogP contribution in [0.1, 0.15) is 54.6 Å². The van der Waals surface area contributed by atoms with Gasteiger partial charge in [0, 0.05) is 22.7 Å². The number of carbonyl (C=O) groups is 2. The first-order chi connectivity index (χ1) is 19.2. The summed E-state index contributed by atoms with van der Waals surface area (Å²) in [5.41, 5.74) is 10.1. The van der Waals surface area contributed by atoms with Crippen LogP contribution in [0, 0.1) is 0 Å². The molecule has 0 unspecified atom stereocenters. The van der Waals surface area contributed by atoms with Crippen molar-refractivity contribution in [2.75, 3.05) is 24.3 Å². The number of benzene rings is 3. The molecule has 3 aromatic carbocycles. The Morgan fingerprint density at radius 3 is 2.30 bits per heavy atom. The van der Waals surface area contributed by atoms with E-state index in [9.17, 15) is 9.59 Å². The lowest BCUT2D eigenvalue weighted by Gasteiger charge is -2.14. The Morgan fingerprint density at radius 2 is 1.60 bits per heavy atom. The van der Waals surface area contributed by atoms with Crippen LogP contribution < -0.4 is 16.4 Å². The molecular formula is C30H34BrCl2N3O4. The van der Waals surface area contributed by atoms with Gasteiger partial charge in [0.25, 0.3) is 0 Å². The van der Waals surface area contributed by atoms with Crippen molar-refractivity contribution < 1.29 is 19.1 Å². The molecule has 0 saturated heterocycles. The molecule has 3 aromatic rings. The van der Waals surface area contributed by atoms with E-state index in [1.807, 2.05) is 38.1 Å². The second-order valence-corrected chi connectivity index (χ2v) is 11.2. The third kappa shape index (κ3) is 9.70. The summed E-state index contributed by atoms with van der Waals surface area (Å²) in [6.45, 7) is 5.20. The maximum Gasteiger partial charge on any atom is 0.338 e. The molecule has 0 spiro atoms. The third-order valence-electron chi connectivity index (χ3n) is 6.01. The Labute approximate surface area is 253 Å². The van der Waals surface area contributed by atoms with Gasteiger partial charge in [-0.25, -0.2) is 4.79 Å². The molecule has 0 aliphatic heterocycles. The summed E-state index contributed by atoms with van der Waals surface area (Å²) >= 11 is 16.0. The third-order valence-corrected chi connectivity index (χ3v) is 7.30. The Kier molecular flexibility index (Phi) is 12.6. The van der Waals surface area contributed by atoms with Crippen molar-refractivity contribution in [3.8, 4) is 0 Å². The quantitative estimate of drug-likeness (QED) is 0.0933. The molecule has 0 saturated carbocycles. The predicted molar refractivity (Wildman–Crippen MR) is 166 cm³/mol. The van der Waals surface area contributed by atoms with Gasteiger partial charge in [-0.1, -0.05) is 61.3 Å². The van der Waals surface area contributed by atoms with Crippen molar-refractivity contribution in [3.63, 3.8) is 0 Å². The van der Waals surface area contributed by atoms with Gasteiger partial charge < -0.3 is 25.8 Å². The van der Waals surface area contributed by atoms with Gasteiger partial charge in [-0.3, -0.25) is 4.79 Å². The summed E-state index contributed by atoms with van der Waals surface area (Å²) < 4.78 is 11.5. The van der Waals surface area contributed by atoms with Gasteiger partial charge in [0.05, 0.1) is 46.6 Å². The zero-order chi connectivity index (χ0) is 29.1. The Morgan fingerprint density at radius 1 is 0.925 bits per heavy atom. The number of ether oxygens (including phenoxy) is 2. The fraction of sp³-hybridized carbons (Fsp3) is 0.333. The molecule has 0 aromatic heterocycles. The number of esters is 2. The molecule has 0 aliphatic rings. The highest BCUT2D eigenvalue weighted by atomic mass is 79.9. The number of nitrogens with one attached hydrogen (secondary N) is 2. The van der Waals surface area contributed by atoms with Crippen molar-refractivity contribution >= 4 is 68.1 Å². The highest BCUT2D eigenvalue weighted by Crippen LogP contribution is 2.33. The largest absolute Gasteiger partial charge is 0.465 e. The van der Waals surface area contributed by atoms with E-state index in [4.69, 9.17) is 38.4 Å². The zero-order valence-electron chi connectivity index (χ0n) is 22.6. The molecule has 0 fully saturated rings. The van der Waals surface area contributed by atoms with Crippen molar-refractivity contribution in [2.24, 2.45) is 0 Å². The maximum atomic E-state index is 12.5. The maximum absolute atomic E-state index is 12.5. The van der Waals surface area contributed by atoms with Gasteiger partial charge in [0.15, 0.2) is 0 Å². The number of nitrogen functional groups attached to an aromatic ring is 1. The van der Waals surface area contributed by atoms with E-state index in [1.54, 1.807) is 30.3 Å². The number of rotatable bonds is 14. The number of unbranched alkanes of at least 4 members (excludes halogenated alkanes) is 2. The van der Waals surface area contributed by atoms with Crippen LogP contribution in [0.5, 0.6) is 0 Å². The van der Waals surface area contributed by atoms with E-state index < -0.39 is 5.97 Å². The number of nitrogens with two attached hydrogens (primary N) is 1. The predicted octanol–water partition coefficient (Wildman–Crippen LogP) is 7.69. The molecular weight excluding hydrogens is 617 g/mol. The van der Waals surface area contributed by atoms with Crippen LogP contribution in [0.15, 0.2) is 59.1 Å². The first-order valence-corrected chi connectivity index (χ1v) is 14.6. The Hall–Kier alpha value is -2.78. The van der Waals surface area contributed by atoms with Crippen molar-refractivity contribution in [1.29, 1.82) is 0 Å². The van der Waals surface area contributed by atoms with Crippen molar-refractivity contribution in [3.05, 3.63) is 85.8 Å². The van der Waals surface area contributed by atoms with Crippen molar-refractivity contribution in [2.45, 2.75) is 52.1 Å². The summed E-state index contributed by atoms with van der Waals surface area (Å²) in [5, 5.41) is 7.50. The highest BCUT2D eigenvalue weighted by molar-refractivity contribution is 9.10. The number of halogens is 3. The zero-order valence-corrected chi connectivity index (χ0v) is 25.7. The number of hydrogen-bond donors (Lipinski definition) is 3. The van der Waals surface area contributed by atoms with Crippen LogP contribution in [-0.4, -0.2) is 31.2 Å². The molecule has 0 bridgehead atoms. The number of para-hydroxylation sites is 2. The minimum absolute atomic E-state index is 0.106. The molecule has 7 nitrogen and oxygen atoms in total. The van der Waals surface area contributed by atoms with Gasteiger partial charge in [-0.05, 0) is 76.7 Å². The lowest BCUT2D eigenvalue weighted by Crippen LogP contribution is -2.22. The minimum atomic E-state index is -0.400. The van der Waals surface area contributed by atoms with E-state index in [0.29, 0.717) is 56.9 Å². The van der Waals surface area contributed by atoms with Gasteiger partial charge in [-0.2, -0.15) is 0 Å². The van der Waals surface area contributed by atoms with Crippen LogP contribution in [0.4, 0.5) is 17.1 Å².